The van der Waals surface area contributed by atoms with Gasteiger partial charge in [0.1, 0.15) is 45.6 Å². The van der Waals surface area contributed by atoms with E-state index in [1.807, 2.05) is 42.5 Å². The summed E-state index contributed by atoms with van der Waals surface area (Å²) in [5.41, 5.74) is 6.34. The van der Waals surface area contributed by atoms with Crippen LogP contribution < -0.4 is 15.4 Å². The molecule has 2 aliphatic heterocycles. The first-order chi connectivity index (χ1) is 28.5. The number of rotatable bonds is 10. The molecule has 6 aromatic heterocycles. The highest BCUT2D eigenvalue weighted by atomic mass is 16.5. The fraction of sp³-hybridized carbons (Fsp3) is 0.391. The minimum absolute atomic E-state index is 0.393. The molecule has 0 radical (unpaired) electrons. The number of hydrogen-bond acceptors (Lipinski definition) is 11. The van der Waals surface area contributed by atoms with Crippen molar-refractivity contribution in [1.82, 2.24) is 38.5 Å². The third-order valence-electron chi connectivity index (χ3n) is 12.1. The van der Waals surface area contributed by atoms with Crippen molar-refractivity contribution in [2.75, 3.05) is 70.2 Å². The molecular formula is C46H52N10O3. The summed E-state index contributed by atoms with van der Waals surface area (Å²) in [6.45, 7) is 15.1. The maximum absolute atomic E-state index is 11.4. The second-order valence-corrected chi connectivity index (χ2v) is 17.3. The molecule has 0 aliphatic carbocycles. The first-order valence-corrected chi connectivity index (χ1v) is 20.9. The third kappa shape index (κ3) is 7.05. The molecule has 2 aliphatic rings. The second-order valence-electron chi connectivity index (χ2n) is 17.3. The van der Waals surface area contributed by atoms with Gasteiger partial charge in [0.05, 0.1) is 40.9 Å². The standard InChI is InChI=1S/C46H52N10O3/c1-45(2,57)33-26-29-10-14-39(47-18-21-54-22-24-58-25-23-54)51-41(29)56-38-13-12-32(28-36(38)50-43(33)56)59-46(3,4)34-27-30-11-15-40(48-31-16-19-53(5)20-17-31)52-42(30)55-37-9-7-6-8-35(37)49-44(34)55/h6-15,26-28,31,57H,16-25H2,1-5H3,(H,47,51)(H,48,52). The van der Waals surface area contributed by atoms with Gasteiger partial charge >= 0.3 is 0 Å². The van der Waals surface area contributed by atoms with E-state index in [4.69, 9.17) is 29.4 Å². The molecule has 13 nitrogen and oxygen atoms in total. The second kappa shape index (κ2) is 14.6. The van der Waals surface area contributed by atoms with Crippen LogP contribution >= 0.6 is 0 Å². The van der Waals surface area contributed by atoms with Crippen molar-refractivity contribution in [3.05, 3.63) is 90.0 Å². The Hall–Kier alpha value is -5.60. The van der Waals surface area contributed by atoms with Crippen molar-refractivity contribution < 1.29 is 14.6 Å². The van der Waals surface area contributed by atoms with Crippen molar-refractivity contribution in [3.8, 4) is 5.75 Å². The maximum atomic E-state index is 11.4. The van der Waals surface area contributed by atoms with Gasteiger partial charge in [-0.3, -0.25) is 13.7 Å². The Labute approximate surface area is 343 Å². The van der Waals surface area contributed by atoms with Crippen LogP contribution in [0.25, 0.3) is 55.4 Å². The van der Waals surface area contributed by atoms with E-state index in [2.05, 4.69) is 86.5 Å². The monoisotopic (exact) mass is 792 g/mol. The SMILES string of the molecule is CN1CCC(Nc2ccc3cc(C(C)(C)Oc4ccc5c(c4)nc4c(C(C)(C)O)cc6ccc(NCCN7CCOCC7)nc6n45)c4nc5ccccc5n4c3n2)CC1. The van der Waals surface area contributed by atoms with Crippen molar-refractivity contribution in [1.29, 1.82) is 0 Å². The van der Waals surface area contributed by atoms with Crippen LogP contribution in [0.4, 0.5) is 11.6 Å². The van der Waals surface area contributed by atoms with E-state index in [1.165, 1.54) is 0 Å². The predicted molar refractivity (Wildman–Crippen MR) is 235 cm³/mol. The van der Waals surface area contributed by atoms with Crippen LogP contribution in [-0.2, 0) is 15.9 Å². The van der Waals surface area contributed by atoms with Gasteiger partial charge in [-0.05, 0) is 121 Å². The lowest BCUT2D eigenvalue weighted by atomic mass is 9.97. The van der Waals surface area contributed by atoms with Gasteiger partial charge in [-0.15, -0.1) is 0 Å². The number of aromatic nitrogens is 6. The number of anilines is 2. The summed E-state index contributed by atoms with van der Waals surface area (Å²) in [5.74, 6) is 2.34. The lowest BCUT2D eigenvalue weighted by Gasteiger charge is -2.30. The van der Waals surface area contributed by atoms with Crippen LogP contribution in [0.15, 0.2) is 78.9 Å². The highest BCUT2D eigenvalue weighted by Gasteiger charge is 2.30. The topological polar surface area (TPSA) is 130 Å². The zero-order valence-electron chi connectivity index (χ0n) is 34.5. The molecule has 304 valence electrons. The summed E-state index contributed by atoms with van der Waals surface area (Å²) in [5, 5.41) is 20.5. The van der Waals surface area contributed by atoms with E-state index in [1.54, 1.807) is 13.8 Å². The number of pyridine rings is 4. The van der Waals surface area contributed by atoms with E-state index in [-0.39, 0.29) is 0 Å². The van der Waals surface area contributed by atoms with Crippen LogP contribution in [0.5, 0.6) is 5.75 Å². The minimum atomic E-state index is -1.14. The quantitative estimate of drug-likeness (QED) is 0.130. The molecule has 8 heterocycles. The molecule has 59 heavy (non-hydrogen) atoms. The molecule has 2 fully saturated rings. The Bertz CT molecular complexity index is 2860. The van der Waals surface area contributed by atoms with Crippen molar-refractivity contribution in [3.63, 3.8) is 0 Å². The number of likely N-dealkylation sites (tertiary alicyclic amines) is 1. The van der Waals surface area contributed by atoms with Crippen molar-refractivity contribution >= 4 is 67.1 Å². The van der Waals surface area contributed by atoms with E-state index in [0.717, 1.165) is 138 Å². The summed E-state index contributed by atoms with van der Waals surface area (Å²) in [6.07, 6.45) is 2.18. The first kappa shape index (κ1) is 37.7. The molecule has 0 unspecified atom stereocenters. The maximum Gasteiger partial charge on any atom is 0.148 e. The Morgan fingerprint density at radius 1 is 0.712 bits per heavy atom. The van der Waals surface area contributed by atoms with E-state index >= 15 is 0 Å². The number of nitrogens with zero attached hydrogens (tertiary/aromatic N) is 8. The Kier molecular flexibility index (Phi) is 9.31. The van der Waals surface area contributed by atoms with Crippen LogP contribution in [0.2, 0.25) is 0 Å². The molecule has 0 amide bonds. The number of morpholine rings is 1. The lowest BCUT2D eigenvalue weighted by molar-refractivity contribution is 0.0398. The van der Waals surface area contributed by atoms with Gasteiger partial charge < -0.3 is 30.1 Å². The number of imidazole rings is 2. The molecule has 0 spiro atoms. The first-order valence-electron chi connectivity index (χ1n) is 20.9. The van der Waals surface area contributed by atoms with Crippen LogP contribution in [0, 0.1) is 0 Å². The summed E-state index contributed by atoms with van der Waals surface area (Å²) in [7, 11) is 2.18. The van der Waals surface area contributed by atoms with Gasteiger partial charge in [0.25, 0.3) is 0 Å². The van der Waals surface area contributed by atoms with E-state index in [0.29, 0.717) is 17.4 Å². The van der Waals surface area contributed by atoms with Gasteiger partial charge in [0.2, 0.25) is 0 Å². The molecule has 2 saturated heterocycles. The van der Waals surface area contributed by atoms with Gasteiger partial charge in [0.15, 0.2) is 0 Å². The smallest absolute Gasteiger partial charge is 0.148 e. The highest BCUT2D eigenvalue weighted by molar-refractivity contribution is 5.93. The zero-order valence-corrected chi connectivity index (χ0v) is 34.5. The number of ether oxygens (including phenoxy) is 2. The van der Waals surface area contributed by atoms with Gasteiger partial charge in [-0.25, -0.2) is 19.9 Å². The third-order valence-corrected chi connectivity index (χ3v) is 12.1. The number of nitrogens with one attached hydrogen (secondary N) is 2. The molecule has 13 heteroatoms. The van der Waals surface area contributed by atoms with Gasteiger partial charge in [-0.1, -0.05) is 12.1 Å². The zero-order chi connectivity index (χ0) is 40.5. The molecule has 0 saturated carbocycles. The normalized spacial score (nSPS) is 16.6. The molecule has 10 rings (SSSR count). The highest BCUT2D eigenvalue weighted by Crippen LogP contribution is 2.38. The average molecular weight is 793 g/mol. The predicted octanol–water partition coefficient (Wildman–Crippen LogP) is 7.18. The fourth-order valence-corrected chi connectivity index (χ4v) is 8.83. The number of aliphatic hydroxyl groups is 1. The van der Waals surface area contributed by atoms with E-state index < -0.39 is 11.2 Å². The Morgan fingerprint density at radius 3 is 2.10 bits per heavy atom. The van der Waals surface area contributed by atoms with E-state index in [9.17, 15) is 5.11 Å². The number of para-hydroxylation sites is 2. The molecule has 0 bridgehead atoms. The Balaban J connectivity index is 1.01. The summed E-state index contributed by atoms with van der Waals surface area (Å²) in [6, 6.07) is 27.1. The van der Waals surface area contributed by atoms with Crippen LogP contribution in [0.3, 0.4) is 0 Å². The van der Waals surface area contributed by atoms with Crippen LogP contribution in [-0.4, -0.2) is 109 Å². The van der Waals surface area contributed by atoms with Crippen LogP contribution in [0.1, 0.15) is 51.7 Å². The van der Waals surface area contributed by atoms with Gasteiger partial charge in [-0.2, -0.15) is 0 Å². The minimum Gasteiger partial charge on any atom is -0.483 e. The fourth-order valence-electron chi connectivity index (χ4n) is 8.83. The Morgan fingerprint density at radius 2 is 1.36 bits per heavy atom. The number of benzene rings is 2. The summed E-state index contributed by atoms with van der Waals surface area (Å²) < 4.78 is 16.7. The molecule has 2 aromatic carbocycles. The lowest BCUT2D eigenvalue weighted by Crippen LogP contribution is -2.39. The average Bonchev–Trinajstić information content (AvgIpc) is 3.80. The van der Waals surface area contributed by atoms with Crippen molar-refractivity contribution in [2.24, 2.45) is 0 Å². The molecular weight excluding hydrogens is 741 g/mol. The van der Waals surface area contributed by atoms with Crippen molar-refractivity contribution in [2.45, 2.75) is 57.8 Å². The molecule has 8 aromatic rings. The summed E-state index contributed by atoms with van der Waals surface area (Å²) in [4.78, 5) is 25.4. The molecule has 0 atom stereocenters. The molecule has 3 N–H and O–H groups in total. The number of piperidine rings is 1. The number of hydrogen-bond donors (Lipinski definition) is 3. The number of fused-ring (bicyclic) bond motifs is 10. The summed E-state index contributed by atoms with van der Waals surface area (Å²) >= 11 is 0. The largest absolute Gasteiger partial charge is 0.483 e. The van der Waals surface area contributed by atoms with Gasteiger partial charge in [0, 0.05) is 60.2 Å².